The van der Waals surface area contributed by atoms with Crippen LogP contribution < -0.4 is 9.64 Å². The maximum absolute atomic E-state index is 10.7. The highest BCUT2D eigenvalue weighted by atomic mass is 16.5. The first-order chi connectivity index (χ1) is 10.1. The molecule has 2 aromatic rings. The van der Waals surface area contributed by atoms with Gasteiger partial charge >= 0.3 is 0 Å². The Kier molecular flexibility index (Phi) is 3.60. The van der Waals surface area contributed by atoms with Gasteiger partial charge in [0.1, 0.15) is 11.9 Å². The fraction of sp³-hybridized carbons (Fsp3) is 0.333. The van der Waals surface area contributed by atoms with Crippen molar-refractivity contribution in [1.82, 2.24) is 0 Å². The van der Waals surface area contributed by atoms with Crippen LogP contribution in [0, 0.1) is 6.92 Å². The van der Waals surface area contributed by atoms with Crippen LogP contribution in [-0.4, -0.2) is 25.8 Å². The standard InChI is InChI=1S/C18H21NO2/c1-12-10-15(21-3)5-6-16(12)18(20)14-4-7-17-13(11-14)8-9-19(17)2/h4-7,10-11,18,20H,8-9H2,1-3H3. The summed E-state index contributed by atoms with van der Waals surface area (Å²) in [5, 5.41) is 10.7. The van der Waals surface area contributed by atoms with Gasteiger partial charge in [-0.15, -0.1) is 0 Å². The van der Waals surface area contributed by atoms with Crippen LogP contribution in [0.15, 0.2) is 36.4 Å². The fourth-order valence-corrected chi connectivity index (χ4v) is 3.02. The number of aliphatic hydroxyl groups is 1. The van der Waals surface area contributed by atoms with Gasteiger partial charge in [-0.05, 0) is 53.8 Å². The van der Waals surface area contributed by atoms with Crippen LogP contribution >= 0.6 is 0 Å². The van der Waals surface area contributed by atoms with Crippen LogP contribution in [0.4, 0.5) is 5.69 Å². The summed E-state index contributed by atoms with van der Waals surface area (Å²) in [4.78, 5) is 2.25. The monoisotopic (exact) mass is 283 g/mol. The number of aryl methyl sites for hydroxylation is 1. The third-order valence-electron chi connectivity index (χ3n) is 4.32. The Balaban J connectivity index is 1.94. The van der Waals surface area contributed by atoms with E-state index in [1.54, 1.807) is 7.11 Å². The van der Waals surface area contributed by atoms with Crippen molar-refractivity contribution < 1.29 is 9.84 Å². The minimum atomic E-state index is -0.591. The molecule has 0 bridgehead atoms. The van der Waals surface area contributed by atoms with Crippen LogP contribution in [0.5, 0.6) is 5.75 Å². The zero-order valence-electron chi connectivity index (χ0n) is 12.8. The Hall–Kier alpha value is -2.00. The first-order valence-electron chi connectivity index (χ1n) is 7.26. The highest BCUT2D eigenvalue weighted by Crippen LogP contribution is 2.33. The molecule has 0 amide bonds. The molecule has 21 heavy (non-hydrogen) atoms. The molecule has 1 atom stereocenters. The van der Waals surface area contributed by atoms with Crippen molar-refractivity contribution in [1.29, 1.82) is 0 Å². The van der Waals surface area contributed by atoms with Gasteiger partial charge in [0.05, 0.1) is 7.11 Å². The number of likely N-dealkylation sites (N-methyl/N-ethyl adjacent to an activating group) is 1. The summed E-state index contributed by atoms with van der Waals surface area (Å²) in [5.41, 5.74) is 5.52. The number of nitrogens with zero attached hydrogens (tertiary/aromatic N) is 1. The van der Waals surface area contributed by atoms with Crippen molar-refractivity contribution in [3.05, 3.63) is 58.7 Å². The number of methoxy groups -OCH3 is 1. The van der Waals surface area contributed by atoms with Crippen molar-refractivity contribution >= 4 is 5.69 Å². The average molecular weight is 283 g/mol. The number of aliphatic hydroxyl groups excluding tert-OH is 1. The second-order valence-corrected chi connectivity index (χ2v) is 5.68. The van der Waals surface area contributed by atoms with Crippen molar-refractivity contribution in [2.45, 2.75) is 19.4 Å². The lowest BCUT2D eigenvalue weighted by Crippen LogP contribution is -2.12. The minimum Gasteiger partial charge on any atom is -0.497 e. The molecule has 2 aromatic carbocycles. The Morgan fingerprint density at radius 1 is 1.19 bits per heavy atom. The predicted molar refractivity (Wildman–Crippen MR) is 85.2 cm³/mol. The molecule has 3 rings (SSSR count). The molecule has 0 saturated carbocycles. The quantitative estimate of drug-likeness (QED) is 0.939. The van der Waals surface area contributed by atoms with Gasteiger partial charge in [0.25, 0.3) is 0 Å². The molecule has 0 saturated heterocycles. The summed E-state index contributed by atoms with van der Waals surface area (Å²) in [5.74, 6) is 0.819. The zero-order valence-corrected chi connectivity index (χ0v) is 12.8. The second-order valence-electron chi connectivity index (χ2n) is 5.68. The smallest absolute Gasteiger partial charge is 0.119 e. The Morgan fingerprint density at radius 3 is 2.71 bits per heavy atom. The summed E-state index contributed by atoms with van der Waals surface area (Å²) in [6, 6.07) is 12.1. The third kappa shape index (κ3) is 2.49. The summed E-state index contributed by atoms with van der Waals surface area (Å²) >= 11 is 0. The van der Waals surface area contributed by atoms with E-state index in [1.807, 2.05) is 31.2 Å². The molecule has 1 heterocycles. The third-order valence-corrected chi connectivity index (χ3v) is 4.32. The summed E-state index contributed by atoms with van der Waals surface area (Å²) in [6.07, 6.45) is 0.459. The summed E-state index contributed by atoms with van der Waals surface area (Å²) < 4.78 is 5.22. The number of hydrogen-bond acceptors (Lipinski definition) is 3. The average Bonchev–Trinajstić information content (AvgIpc) is 2.87. The van der Waals surface area contributed by atoms with E-state index in [9.17, 15) is 5.11 Å². The Bertz CT molecular complexity index is 666. The van der Waals surface area contributed by atoms with Crippen LogP contribution in [0.25, 0.3) is 0 Å². The van der Waals surface area contributed by atoms with Crippen molar-refractivity contribution in [2.75, 3.05) is 25.6 Å². The number of rotatable bonds is 3. The largest absolute Gasteiger partial charge is 0.497 e. The molecule has 110 valence electrons. The number of fused-ring (bicyclic) bond motifs is 1. The highest BCUT2D eigenvalue weighted by molar-refractivity contribution is 5.59. The Morgan fingerprint density at radius 2 is 2.00 bits per heavy atom. The fourth-order valence-electron chi connectivity index (χ4n) is 3.02. The van der Waals surface area contributed by atoms with Gasteiger partial charge in [-0.1, -0.05) is 18.2 Å². The predicted octanol–water partition coefficient (Wildman–Crippen LogP) is 3.08. The van der Waals surface area contributed by atoms with E-state index >= 15 is 0 Å². The summed E-state index contributed by atoms with van der Waals surface area (Å²) in [6.45, 7) is 3.05. The molecule has 1 aliphatic rings. The van der Waals surface area contributed by atoms with Crippen molar-refractivity contribution in [3.63, 3.8) is 0 Å². The van der Waals surface area contributed by atoms with Gasteiger partial charge in [-0.2, -0.15) is 0 Å². The van der Waals surface area contributed by atoms with Crippen molar-refractivity contribution in [3.8, 4) is 5.75 Å². The molecule has 1 N–H and O–H groups in total. The number of ether oxygens (including phenoxy) is 1. The first kappa shape index (κ1) is 14.0. The van der Waals surface area contributed by atoms with Gasteiger partial charge in [0, 0.05) is 19.3 Å². The molecule has 1 unspecified atom stereocenters. The second kappa shape index (κ2) is 5.41. The topological polar surface area (TPSA) is 32.7 Å². The van der Waals surface area contributed by atoms with Crippen LogP contribution in [0.2, 0.25) is 0 Å². The lowest BCUT2D eigenvalue weighted by Gasteiger charge is -2.17. The van der Waals surface area contributed by atoms with E-state index in [0.717, 1.165) is 35.4 Å². The number of anilines is 1. The maximum Gasteiger partial charge on any atom is 0.119 e. The molecule has 0 aromatic heterocycles. The number of hydrogen-bond donors (Lipinski definition) is 1. The molecule has 0 aliphatic carbocycles. The molecular weight excluding hydrogens is 262 g/mol. The molecule has 0 radical (unpaired) electrons. The zero-order chi connectivity index (χ0) is 15.0. The van der Waals surface area contributed by atoms with Crippen molar-refractivity contribution in [2.24, 2.45) is 0 Å². The Labute approximate surface area is 125 Å². The van der Waals surface area contributed by atoms with Gasteiger partial charge in [-0.3, -0.25) is 0 Å². The van der Waals surface area contributed by atoms with Crippen LogP contribution in [-0.2, 0) is 6.42 Å². The summed E-state index contributed by atoms with van der Waals surface area (Å²) in [7, 11) is 3.76. The van der Waals surface area contributed by atoms with E-state index in [1.165, 1.54) is 11.3 Å². The molecule has 3 heteroatoms. The first-order valence-corrected chi connectivity index (χ1v) is 7.26. The lowest BCUT2D eigenvalue weighted by atomic mass is 9.95. The molecular formula is C18H21NO2. The highest BCUT2D eigenvalue weighted by Gasteiger charge is 2.19. The van der Waals surface area contributed by atoms with Gasteiger partial charge in [0.2, 0.25) is 0 Å². The van der Waals surface area contributed by atoms with Gasteiger partial charge in [0.15, 0.2) is 0 Å². The van der Waals surface area contributed by atoms with E-state index in [-0.39, 0.29) is 0 Å². The van der Waals surface area contributed by atoms with Crippen LogP contribution in [0.3, 0.4) is 0 Å². The van der Waals surface area contributed by atoms with Gasteiger partial charge < -0.3 is 14.7 Å². The van der Waals surface area contributed by atoms with Gasteiger partial charge in [-0.25, -0.2) is 0 Å². The molecule has 0 spiro atoms. The van der Waals surface area contributed by atoms with Crippen LogP contribution in [0.1, 0.15) is 28.4 Å². The molecule has 1 aliphatic heterocycles. The maximum atomic E-state index is 10.7. The lowest BCUT2D eigenvalue weighted by molar-refractivity contribution is 0.219. The molecule has 0 fully saturated rings. The minimum absolute atomic E-state index is 0.591. The van der Waals surface area contributed by atoms with E-state index < -0.39 is 6.10 Å². The SMILES string of the molecule is COc1ccc(C(O)c2ccc3c(c2)CCN3C)c(C)c1. The molecule has 3 nitrogen and oxygen atoms in total. The normalized spacial score (nSPS) is 15.0. The number of benzene rings is 2. The van der Waals surface area contributed by atoms with E-state index in [4.69, 9.17) is 4.74 Å². The van der Waals surface area contributed by atoms with E-state index in [0.29, 0.717) is 0 Å². The van der Waals surface area contributed by atoms with E-state index in [2.05, 4.69) is 24.1 Å².